The van der Waals surface area contributed by atoms with Crippen molar-refractivity contribution in [3.8, 4) is 0 Å². The number of ether oxygens (including phenoxy) is 1. The molecule has 4 nitrogen and oxygen atoms in total. The SMILES string of the molecule is CC(C)(C)OC(=O)N1C2C=C(c3ccc(CO)cc3)CC1CCC2. The molecule has 1 N–H and O–H groups in total. The average Bonchev–Trinajstić information content (AvgIpc) is 2.52. The van der Waals surface area contributed by atoms with Crippen molar-refractivity contribution in [2.75, 3.05) is 0 Å². The van der Waals surface area contributed by atoms with Crippen molar-refractivity contribution in [1.82, 2.24) is 4.90 Å². The molecule has 4 heteroatoms. The lowest BCUT2D eigenvalue weighted by molar-refractivity contribution is 0.0000846. The highest BCUT2D eigenvalue weighted by Gasteiger charge is 2.39. The van der Waals surface area contributed by atoms with Crippen LogP contribution in [0, 0.1) is 0 Å². The molecule has 1 saturated heterocycles. The molecular weight excluding hydrogens is 302 g/mol. The Labute approximate surface area is 144 Å². The molecule has 2 heterocycles. The zero-order valence-corrected chi connectivity index (χ0v) is 14.8. The second-order valence-electron chi connectivity index (χ2n) is 7.79. The zero-order valence-electron chi connectivity index (χ0n) is 14.8. The van der Waals surface area contributed by atoms with Gasteiger partial charge in [-0.2, -0.15) is 0 Å². The number of amides is 1. The van der Waals surface area contributed by atoms with E-state index in [-0.39, 0.29) is 24.8 Å². The molecule has 0 saturated carbocycles. The van der Waals surface area contributed by atoms with Crippen LogP contribution in [0.2, 0.25) is 0 Å². The van der Waals surface area contributed by atoms with Crippen LogP contribution in [0.15, 0.2) is 30.3 Å². The summed E-state index contributed by atoms with van der Waals surface area (Å²) >= 11 is 0. The predicted octanol–water partition coefficient (Wildman–Crippen LogP) is 4.12. The fourth-order valence-corrected chi connectivity index (χ4v) is 3.67. The number of hydrogen-bond acceptors (Lipinski definition) is 3. The van der Waals surface area contributed by atoms with Crippen LogP contribution in [-0.2, 0) is 11.3 Å². The van der Waals surface area contributed by atoms with E-state index >= 15 is 0 Å². The summed E-state index contributed by atoms with van der Waals surface area (Å²) in [5.74, 6) is 0. The highest BCUT2D eigenvalue weighted by atomic mass is 16.6. The van der Waals surface area contributed by atoms with Crippen LogP contribution in [-0.4, -0.2) is 33.8 Å². The fourth-order valence-electron chi connectivity index (χ4n) is 3.67. The molecule has 24 heavy (non-hydrogen) atoms. The van der Waals surface area contributed by atoms with E-state index in [9.17, 15) is 9.90 Å². The lowest BCUT2D eigenvalue weighted by atomic mass is 9.83. The average molecular weight is 329 g/mol. The maximum atomic E-state index is 12.6. The number of fused-ring (bicyclic) bond motifs is 2. The molecule has 2 unspecified atom stereocenters. The Balaban J connectivity index is 1.82. The van der Waals surface area contributed by atoms with Gasteiger partial charge in [0, 0.05) is 6.04 Å². The van der Waals surface area contributed by atoms with Crippen molar-refractivity contribution in [1.29, 1.82) is 0 Å². The normalized spacial score (nSPS) is 23.7. The van der Waals surface area contributed by atoms with E-state index in [1.807, 2.05) is 37.8 Å². The first kappa shape index (κ1) is 17.0. The van der Waals surface area contributed by atoms with Crippen LogP contribution in [0.25, 0.3) is 5.57 Å². The largest absolute Gasteiger partial charge is 0.444 e. The van der Waals surface area contributed by atoms with E-state index < -0.39 is 5.60 Å². The Bertz CT molecular complexity index is 627. The monoisotopic (exact) mass is 329 g/mol. The Morgan fingerprint density at radius 2 is 1.96 bits per heavy atom. The van der Waals surface area contributed by atoms with Gasteiger partial charge in [-0.05, 0) is 63.2 Å². The fraction of sp³-hybridized carbons (Fsp3) is 0.550. The van der Waals surface area contributed by atoms with Crippen LogP contribution >= 0.6 is 0 Å². The number of nitrogens with zero attached hydrogens (tertiary/aromatic N) is 1. The first-order valence-electron chi connectivity index (χ1n) is 8.79. The first-order valence-corrected chi connectivity index (χ1v) is 8.79. The van der Waals surface area contributed by atoms with Gasteiger partial charge < -0.3 is 9.84 Å². The van der Waals surface area contributed by atoms with Crippen molar-refractivity contribution < 1.29 is 14.6 Å². The van der Waals surface area contributed by atoms with Crippen molar-refractivity contribution in [2.24, 2.45) is 0 Å². The molecular formula is C20H27NO3. The van der Waals surface area contributed by atoms with Crippen molar-refractivity contribution in [3.05, 3.63) is 41.5 Å². The number of hydrogen-bond donors (Lipinski definition) is 1. The molecule has 0 radical (unpaired) electrons. The van der Waals surface area contributed by atoms with E-state index in [1.54, 1.807) is 0 Å². The topological polar surface area (TPSA) is 49.8 Å². The number of benzene rings is 1. The minimum atomic E-state index is -0.463. The van der Waals surface area contributed by atoms with Gasteiger partial charge in [0.05, 0.1) is 12.6 Å². The smallest absolute Gasteiger partial charge is 0.411 e. The Hall–Kier alpha value is -1.81. The quantitative estimate of drug-likeness (QED) is 0.888. The third-order valence-corrected chi connectivity index (χ3v) is 4.75. The number of carbonyl (C=O) groups is 1. The second-order valence-corrected chi connectivity index (χ2v) is 7.79. The van der Waals surface area contributed by atoms with E-state index in [4.69, 9.17) is 4.74 Å². The molecule has 2 atom stereocenters. The van der Waals surface area contributed by atoms with Gasteiger partial charge in [0.2, 0.25) is 0 Å². The Morgan fingerprint density at radius 1 is 1.25 bits per heavy atom. The number of aliphatic hydroxyl groups excluding tert-OH is 1. The molecule has 2 aliphatic heterocycles. The van der Waals surface area contributed by atoms with Crippen LogP contribution in [0.5, 0.6) is 0 Å². The van der Waals surface area contributed by atoms with E-state index in [0.717, 1.165) is 31.2 Å². The minimum absolute atomic E-state index is 0.0665. The molecule has 0 spiro atoms. The molecule has 0 aliphatic carbocycles. The summed E-state index contributed by atoms with van der Waals surface area (Å²) in [5.41, 5.74) is 2.95. The molecule has 1 aromatic carbocycles. The van der Waals surface area contributed by atoms with Crippen molar-refractivity contribution >= 4 is 11.7 Å². The third kappa shape index (κ3) is 3.64. The van der Waals surface area contributed by atoms with Gasteiger partial charge in [-0.25, -0.2) is 4.79 Å². The molecule has 3 rings (SSSR count). The van der Waals surface area contributed by atoms with Gasteiger partial charge in [0.1, 0.15) is 5.60 Å². The van der Waals surface area contributed by atoms with E-state index in [0.29, 0.717) is 0 Å². The van der Waals surface area contributed by atoms with Gasteiger partial charge in [-0.1, -0.05) is 30.3 Å². The van der Waals surface area contributed by atoms with Gasteiger partial charge in [-0.3, -0.25) is 4.90 Å². The number of piperidine rings is 1. The summed E-state index contributed by atoms with van der Waals surface area (Å²) in [4.78, 5) is 14.5. The second kappa shape index (κ2) is 6.60. The number of aliphatic hydroxyl groups is 1. The maximum Gasteiger partial charge on any atom is 0.411 e. The molecule has 1 fully saturated rings. The first-order chi connectivity index (χ1) is 11.4. The highest BCUT2D eigenvalue weighted by Crippen LogP contribution is 2.37. The summed E-state index contributed by atoms with van der Waals surface area (Å²) in [6.07, 6.45) is 6.09. The summed E-state index contributed by atoms with van der Waals surface area (Å²) in [5, 5.41) is 9.19. The van der Waals surface area contributed by atoms with E-state index in [1.165, 1.54) is 11.1 Å². The number of rotatable bonds is 2. The summed E-state index contributed by atoms with van der Waals surface area (Å²) in [7, 11) is 0. The molecule has 2 aliphatic rings. The zero-order chi connectivity index (χ0) is 17.3. The van der Waals surface area contributed by atoms with Gasteiger partial charge >= 0.3 is 6.09 Å². The molecule has 1 aromatic rings. The minimum Gasteiger partial charge on any atom is -0.444 e. The maximum absolute atomic E-state index is 12.6. The molecule has 2 bridgehead atoms. The van der Waals surface area contributed by atoms with Gasteiger partial charge in [0.25, 0.3) is 0 Å². The Morgan fingerprint density at radius 3 is 2.54 bits per heavy atom. The van der Waals surface area contributed by atoms with Crippen molar-refractivity contribution in [2.45, 2.75) is 70.7 Å². The van der Waals surface area contributed by atoms with Crippen LogP contribution < -0.4 is 0 Å². The summed E-state index contributed by atoms with van der Waals surface area (Å²) in [6.45, 7) is 5.80. The predicted molar refractivity (Wildman–Crippen MR) is 94.5 cm³/mol. The van der Waals surface area contributed by atoms with E-state index in [2.05, 4.69) is 18.2 Å². The van der Waals surface area contributed by atoms with Crippen molar-refractivity contribution in [3.63, 3.8) is 0 Å². The lowest BCUT2D eigenvalue weighted by Gasteiger charge is -2.45. The molecule has 1 amide bonds. The highest BCUT2D eigenvalue weighted by molar-refractivity contribution is 5.74. The Kier molecular flexibility index (Phi) is 4.68. The third-order valence-electron chi connectivity index (χ3n) is 4.75. The van der Waals surface area contributed by atoms with Gasteiger partial charge in [-0.15, -0.1) is 0 Å². The van der Waals surface area contributed by atoms with Crippen LogP contribution in [0.3, 0.4) is 0 Å². The molecule has 130 valence electrons. The summed E-state index contributed by atoms with van der Waals surface area (Å²) < 4.78 is 5.61. The standard InChI is InChI=1S/C20H27NO3/c1-20(2,3)24-19(23)21-17-5-4-6-18(21)12-16(11-17)15-9-7-14(13-22)8-10-15/h7-11,17-18,22H,4-6,12-13H2,1-3H3. The lowest BCUT2D eigenvalue weighted by Crippen LogP contribution is -2.53. The number of carbonyl (C=O) groups excluding carboxylic acids is 1. The molecule has 0 aromatic heterocycles. The van der Waals surface area contributed by atoms with Gasteiger partial charge in [0.15, 0.2) is 0 Å². The van der Waals surface area contributed by atoms with Crippen LogP contribution in [0.1, 0.15) is 57.6 Å². The summed E-state index contributed by atoms with van der Waals surface area (Å²) in [6, 6.07) is 8.40. The van der Waals surface area contributed by atoms with Crippen LogP contribution in [0.4, 0.5) is 4.79 Å².